The van der Waals surface area contributed by atoms with Gasteiger partial charge in [0.1, 0.15) is 5.78 Å². The average molecular weight is 362 g/mol. The molecule has 24 heavy (non-hydrogen) atoms. The first-order valence-electron chi connectivity index (χ1n) is 7.37. The van der Waals surface area contributed by atoms with Crippen LogP contribution in [0.25, 0.3) is 0 Å². The Labute approximate surface area is 151 Å². The monoisotopic (exact) mass is 361 g/mol. The van der Waals surface area contributed by atoms with Crippen molar-refractivity contribution in [3.8, 4) is 0 Å². The minimum atomic E-state index is -0.579. The van der Waals surface area contributed by atoms with Crippen LogP contribution in [0.4, 0.5) is 0 Å². The zero-order valence-corrected chi connectivity index (χ0v) is 14.6. The molecule has 2 rings (SSSR count). The number of amides is 1. The highest BCUT2D eigenvalue weighted by Gasteiger charge is 2.30. The van der Waals surface area contributed by atoms with E-state index in [0.717, 1.165) is 5.56 Å². The molecule has 0 spiro atoms. The average Bonchev–Trinajstić information content (AvgIpc) is 2.57. The zero-order valence-electron chi connectivity index (χ0n) is 13.1. The molecule has 124 valence electrons. The van der Waals surface area contributed by atoms with Crippen LogP contribution in [0.1, 0.15) is 30.0 Å². The fraction of sp³-hybridized carbons (Fsp3) is 0.158. The van der Waals surface area contributed by atoms with Gasteiger partial charge in [0.05, 0.1) is 22.0 Å². The fourth-order valence-corrected chi connectivity index (χ4v) is 2.91. The highest BCUT2D eigenvalue weighted by Crippen LogP contribution is 2.34. The third kappa shape index (κ3) is 4.25. The maximum absolute atomic E-state index is 12.3. The topological polar surface area (TPSA) is 46.2 Å². The largest absolute Gasteiger partial charge is 0.345 e. The van der Waals surface area contributed by atoms with Crippen LogP contribution in [0.3, 0.4) is 0 Å². The number of carbonyl (C=O) groups is 2. The van der Waals surface area contributed by atoms with E-state index in [1.807, 2.05) is 30.3 Å². The molecule has 0 saturated carbocycles. The van der Waals surface area contributed by atoms with Crippen LogP contribution in [0.5, 0.6) is 0 Å². The molecule has 0 aliphatic heterocycles. The molecule has 0 fully saturated rings. The molecule has 0 aliphatic carbocycles. The molecule has 0 aromatic heterocycles. The maximum atomic E-state index is 12.3. The first-order valence-corrected chi connectivity index (χ1v) is 8.13. The third-order valence-electron chi connectivity index (χ3n) is 3.72. The normalized spacial score (nSPS) is 13.0. The van der Waals surface area contributed by atoms with E-state index in [9.17, 15) is 9.59 Å². The molecular formula is C19H17Cl2NO2. The summed E-state index contributed by atoms with van der Waals surface area (Å²) >= 11 is 12.1. The lowest BCUT2D eigenvalue weighted by molar-refractivity contribution is -0.120. The lowest BCUT2D eigenvalue weighted by atomic mass is 9.84. The van der Waals surface area contributed by atoms with Crippen LogP contribution < -0.4 is 5.32 Å². The third-order valence-corrected chi connectivity index (χ3v) is 4.45. The van der Waals surface area contributed by atoms with Crippen molar-refractivity contribution in [3.05, 3.63) is 82.4 Å². The zero-order chi connectivity index (χ0) is 17.7. The van der Waals surface area contributed by atoms with Crippen LogP contribution in [0.2, 0.25) is 10.0 Å². The molecule has 0 saturated heterocycles. The van der Waals surface area contributed by atoms with Crippen molar-refractivity contribution in [2.45, 2.75) is 18.9 Å². The van der Waals surface area contributed by atoms with Gasteiger partial charge in [0.25, 0.3) is 0 Å². The summed E-state index contributed by atoms with van der Waals surface area (Å²) in [5.74, 6) is -0.984. The van der Waals surface area contributed by atoms with Crippen LogP contribution in [-0.2, 0) is 9.59 Å². The Balaban J connectivity index is 2.54. The molecule has 2 aromatic rings. The predicted molar refractivity (Wildman–Crippen MR) is 97.4 cm³/mol. The van der Waals surface area contributed by atoms with E-state index in [2.05, 4.69) is 11.9 Å². The van der Waals surface area contributed by atoms with Crippen molar-refractivity contribution in [1.82, 2.24) is 5.32 Å². The highest BCUT2D eigenvalue weighted by atomic mass is 35.5. The van der Waals surface area contributed by atoms with Gasteiger partial charge in [-0.1, -0.05) is 66.2 Å². The number of halogens is 2. The number of ketones is 1. The number of hydrogen-bond acceptors (Lipinski definition) is 2. The van der Waals surface area contributed by atoms with Crippen LogP contribution in [-0.4, -0.2) is 11.7 Å². The Morgan fingerprint density at radius 3 is 2.25 bits per heavy atom. The first-order chi connectivity index (χ1) is 11.4. The molecule has 0 radical (unpaired) electrons. The number of rotatable bonds is 6. The lowest BCUT2D eigenvalue weighted by Crippen LogP contribution is -2.34. The molecule has 3 nitrogen and oxygen atoms in total. The van der Waals surface area contributed by atoms with E-state index in [4.69, 9.17) is 23.2 Å². The molecule has 5 heteroatoms. The molecule has 1 N–H and O–H groups in total. The summed E-state index contributed by atoms with van der Waals surface area (Å²) in [6, 6.07) is 13.8. The van der Waals surface area contributed by atoms with Crippen molar-refractivity contribution < 1.29 is 9.59 Å². The second kappa shape index (κ2) is 8.13. The first kappa shape index (κ1) is 18.2. The number of Topliss-reactive ketones (excluding diaryl/α,β-unsaturated/α-hetero) is 1. The Kier molecular flexibility index (Phi) is 6.18. The minimum Gasteiger partial charge on any atom is -0.345 e. The van der Waals surface area contributed by atoms with Crippen LogP contribution in [0.15, 0.2) is 61.2 Å². The number of hydrogen-bond donors (Lipinski definition) is 1. The molecule has 2 unspecified atom stereocenters. The van der Waals surface area contributed by atoms with Gasteiger partial charge < -0.3 is 5.32 Å². The van der Waals surface area contributed by atoms with Crippen molar-refractivity contribution in [2.24, 2.45) is 0 Å². The van der Waals surface area contributed by atoms with Crippen LogP contribution >= 0.6 is 23.2 Å². The van der Waals surface area contributed by atoms with E-state index in [1.165, 1.54) is 13.0 Å². The minimum absolute atomic E-state index is 0.0679. The molecular weight excluding hydrogens is 345 g/mol. The standard InChI is InChI=1S/C19H17Cl2NO2/c1-3-17(24)22-19(14-9-10-15(20)16(21)11-14)18(12(2)23)13-7-5-4-6-8-13/h3-11,18-19H,1H2,2H3,(H,22,24). The van der Waals surface area contributed by atoms with E-state index < -0.39 is 12.0 Å². The van der Waals surface area contributed by atoms with Gasteiger partial charge in [0, 0.05) is 0 Å². The summed E-state index contributed by atoms with van der Waals surface area (Å²) in [5.41, 5.74) is 1.51. The van der Waals surface area contributed by atoms with Gasteiger partial charge in [0.2, 0.25) is 5.91 Å². The molecule has 0 bridgehead atoms. The van der Waals surface area contributed by atoms with Crippen molar-refractivity contribution >= 4 is 34.9 Å². The van der Waals surface area contributed by atoms with Gasteiger partial charge in [-0.15, -0.1) is 0 Å². The second-order valence-electron chi connectivity index (χ2n) is 5.36. The van der Waals surface area contributed by atoms with Gasteiger partial charge in [-0.05, 0) is 36.3 Å². The van der Waals surface area contributed by atoms with E-state index in [-0.39, 0.29) is 11.7 Å². The molecule has 2 aromatic carbocycles. The second-order valence-corrected chi connectivity index (χ2v) is 6.18. The summed E-state index contributed by atoms with van der Waals surface area (Å²) in [5, 5.41) is 3.60. The Morgan fingerprint density at radius 2 is 1.71 bits per heavy atom. The maximum Gasteiger partial charge on any atom is 0.243 e. The Bertz CT molecular complexity index is 759. The number of nitrogens with one attached hydrogen (secondary N) is 1. The summed E-state index contributed by atoms with van der Waals surface area (Å²) in [7, 11) is 0. The van der Waals surface area contributed by atoms with Gasteiger partial charge in [-0.2, -0.15) is 0 Å². The van der Waals surface area contributed by atoms with E-state index in [1.54, 1.807) is 18.2 Å². The molecule has 1 amide bonds. The van der Waals surface area contributed by atoms with E-state index in [0.29, 0.717) is 15.6 Å². The van der Waals surface area contributed by atoms with E-state index >= 15 is 0 Å². The Hall–Kier alpha value is -2.10. The van der Waals surface area contributed by atoms with Gasteiger partial charge in [0.15, 0.2) is 0 Å². The summed E-state index contributed by atoms with van der Waals surface area (Å²) < 4.78 is 0. The van der Waals surface area contributed by atoms with Crippen molar-refractivity contribution in [3.63, 3.8) is 0 Å². The SMILES string of the molecule is C=CC(=O)NC(c1ccc(Cl)c(Cl)c1)C(C(C)=O)c1ccccc1. The molecule has 2 atom stereocenters. The predicted octanol–water partition coefficient (Wildman–Crippen LogP) is 4.71. The van der Waals surface area contributed by atoms with Gasteiger partial charge in [-0.3, -0.25) is 9.59 Å². The molecule has 0 heterocycles. The summed E-state index contributed by atoms with van der Waals surface area (Å²) in [6.45, 7) is 4.97. The Morgan fingerprint density at radius 1 is 1.04 bits per heavy atom. The summed E-state index contributed by atoms with van der Waals surface area (Å²) in [6.07, 6.45) is 1.17. The smallest absolute Gasteiger partial charge is 0.243 e. The summed E-state index contributed by atoms with van der Waals surface area (Å²) in [4.78, 5) is 24.3. The molecule has 0 aliphatic rings. The number of carbonyl (C=O) groups excluding carboxylic acids is 2. The quantitative estimate of drug-likeness (QED) is 0.757. The van der Waals surface area contributed by atoms with Crippen LogP contribution in [0, 0.1) is 0 Å². The van der Waals surface area contributed by atoms with Crippen molar-refractivity contribution in [2.75, 3.05) is 0 Å². The lowest BCUT2D eigenvalue weighted by Gasteiger charge is -2.27. The van der Waals surface area contributed by atoms with Crippen molar-refractivity contribution in [1.29, 1.82) is 0 Å². The highest BCUT2D eigenvalue weighted by molar-refractivity contribution is 6.42. The fourth-order valence-electron chi connectivity index (χ4n) is 2.60. The van der Waals surface area contributed by atoms with Gasteiger partial charge >= 0.3 is 0 Å². The number of benzene rings is 2. The van der Waals surface area contributed by atoms with Gasteiger partial charge in [-0.25, -0.2) is 0 Å².